The average molecular weight is 307 g/mol. The summed E-state index contributed by atoms with van der Waals surface area (Å²) in [5.41, 5.74) is 3.83. The summed E-state index contributed by atoms with van der Waals surface area (Å²) in [6, 6.07) is 8.56. The van der Waals surface area contributed by atoms with Crippen molar-refractivity contribution in [3.8, 4) is 17.3 Å². The van der Waals surface area contributed by atoms with Crippen LogP contribution in [0.1, 0.15) is 17.8 Å². The Balaban J connectivity index is 1.64. The topological polar surface area (TPSA) is 48.1 Å². The van der Waals surface area contributed by atoms with Crippen LogP contribution in [0.2, 0.25) is 0 Å². The fraction of sp³-hybridized carbons (Fsp3) is 0.444. The fourth-order valence-corrected chi connectivity index (χ4v) is 3.50. The summed E-state index contributed by atoms with van der Waals surface area (Å²) in [7, 11) is 2.14. The molecule has 2 aliphatic heterocycles. The van der Waals surface area contributed by atoms with Gasteiger partial charge in [-0.2, -0.15) is 5.26 Å². The lowest BCUT2D eigenvalue weighted by molar-refractivity contribution is 0.313. The molecule has 0 atom stereocenters. The van der Waals surface area contributed by atoms with Crippen LogP contribution in [0.3, 0.4) is 0 Å². The molecule has 2 aliphatic rings. The second-order valence-corrected chi connectivity index (χ2v) is 6.47. The van der Waals surface area contributed by atoms with Crippen molar-refractivity contribution in [2.75, 3.05) is 38.1 Å². The van der Waals surface area contributed by atoms with Gasteiger partial charge in [-0.1, -0.05) is 6.07 Å². The SMILES string of the molecule is CN1CCN(c2ccc(-c3cn4c(n3)CCC4)cc2C#N)CC1. The Labute approximate surface area is 136 Å². The second-order valence-electron chi connectivity index (χ2n) is 6.47. The van der Waals surface area contributed by atoms with Crippen molar-refractivity contribution in [3.63, 3.8) is 0 Å². The normalized spacial score (nSPS) is 18.0. The Morgan fingerprint density at radius 1 is 1.13 bits per heavy atom. The van der Waals surface area contributed by atoms with Gasteiger partial charge in [-0.3, -0.25) is 0 Å². The van der Waals surface area contributed by atoms with Crippen molar-refractivity contribution in [2.24, 2.45) is 0 Å². The van der Waals surface area contributed by atoms with Crippen molar-refractivity contribution in [1.82, 2.24) is 14.5 Å². The number of fused-ring (bicyclic) bond motifs is 1. The summed E-state index contributed by atoms with van der Waals surface area (Å²) in [5, 5.41) is 9.58. The molecule has 4 rings (SSSR count). The van der Waals surface area contributed by atoms with Crippen LogP contribution in [0.4, 0.5) is 5.69 Å². The summed E-state index contributed by atoms with van der Waals surface area (Å²) in [4.78, 5) is 9.36. The summed E-state index contributed by atoms with van der Waals surface area (Å²) >= 11 is 0. The van der Waals surface area contributed by atoms with Gasteiger partial charge >= 0.3 is 0 Å². The predicted octanol–water partition coefficient (Wildman–Crippen LogP) is 2.12. The molecule has 0 amide bonds. The molecule has 3 heterocycles. The first-order valence-electron chi connectivity index (χ1n) is 8.28. The van der Waals surface area contributed by atoms with Crippen LogP contribution in [0.15, 0.2) is 24.4 Å². The Bertz CT molecular complexity index is 741. The fourth-order valence-electron chi connectivity index (χ4n) is 3.50. The van der Waals surface area contributed by atoms with E-state index in [4.69, 9.17) is 4.98 Å². The maximum absolute atomic E-state index is 9.58. The molecular formula is C18H21N5. The summed E-state index contributed by atoms with van der Waals surface area (Å²) in [6.07, 6.45) is 4.37. The lowest BCUT2D eigenvalue weighted by atomic mass is 10.1. The van der Waals surface area contributed by atoms with E-state index in [-0.39, 0.29) is 0 Å². The third kappa shape index (κ3) is 2.60. The van der Waals surface area contributed by atoms with E-state index in [2.05, 4.69) is 45.8 Å². The molecule has 23 heavy (non-hydrogen) atoms. The quantitative estimate of drug-likeness (QED) is 0.853. The van der Waals surface area contributed by atoms with Crippen LogP contribution in [0, 0.1) is 11.3 Å². The van der Waals surface area contributed by atoms with E-state index >= 15 is 0 Å². The van der Waals surface area contributed by atoms with E-state index in [1.165, 1.54) is 12.2 Å². The lowest BCUT2D eigenvalue weighted by Crippen LogP contribution is -2.44. The van der Waals surface area contributed by atoms with Gasteiger partial charge in [0.05, 0.1) is 16.9 Å². The molecule has 0 saturated carbocycles. The van der Waals surface area contributed by atoms with Gasteiger partial charge in [0, 0.05) is 50.9 Å². The molecule has 118 valence electrons. The zero-order chi connectivity index (χ0) is 15.8. The number of nitriles is 1. The molecule has 1 saturated heterocycles. The standard InChI is InChI=1S/C18H21N5/c1-21-7-9-22(10-8-21)17-5-4-14(11-15(17)12-19)16-13-23-6-2-3-18(23)20-16/h4-5,11,13H,2-3,6-10H2,1H3. The van der Waals surface area contributed by atoms with Crippen molar-refractivity contribution in [2.45, 2.75) is 19.4 Å². The van der Waals surface area contributed by atoms with Crippen molar-refractivity contribution in [1.29, 1.82) is 5.26 Å². The summed E-state index contributed by atoms with van der Waals surface area (Å²) in [6.45, 7) is 5.10. The van der Waals surface area contributed by atoms with Crippen LogP contribution in [0.25, 0.3) is 11.3 Å². The average Bonchev–Trinajstić information content (AvgIpc) is 3.17. The molecule has 0 N–H and O–H groups in total. The van der Waals surface area contributed by atoms with E-state index in [1.54, 1.807) is 0 Å². The van der Waals surface area contributed by atoms with E-state index in [0.29, 0.717) is 0 Å². The monoisotopic (exact) mass is 307 g/mol. The number of piperazine rings is 1. The minimum absolute atomic E-state index is 0.750. The third-order valence-corrected chi connectivity index (χ3v) is 4.92. The number of anilines is 1. The van der Waals surface area contributed by atoms with Gasteiger partial charge in [-0.15, -0.1) is 0 Å². The highest BCUT2D eigenvalue weighted by Crippen LogP contribution is 2.28. The first kappa shape index (κ1) is 14.3. The second kappa shape index (κ2) is 5.71. The third-order valence-electron chi connectivity index (χ3n) is 4.92. The van der Waals surface area contributed by atoms with E-state index in [0.717, 1.165) is 61.7 Å². The van der Waals surface area contributed by atoms with Crippen LogP contribution < -0.4 is 4.90 Å². The lowest BCUT2D eigenvalue weighted by Gasteiger charge is -2.34. The van der Waals surface area contributed by atoms with Crippen LogP contribution >= 0.6 is 0 Å². The molecule has 0 spiro atoms. The molecule has 0 aliphatic carbocycles. The number of likely N-dealkylation sites (N-methyl/N-ethyl adjacent to an activating group) is 1. The molecule has 0 bridgehead atoms. The summed E-state index contributed by atoms with van der Waals surface area (Å²) in [5.74, 6) is 1.17. The molecule has 1 aromatic heterocycles. The van der Waals surface area contributed by atoms with Crippen molar-refractivity contribution < 1.29 is 0 Å². The molecule has 1 aromatic carbocycles. The molecule has 0 unspecified atom stereocenters. The first-order chi connectivity index (χ1) is 11.2. The van der Waals surface area contributed by atoms with Crippen molar-refractivity contribution in [3.05, 3.63) is 35.8 Å². The van der Waals surface area contributed by atoms with Crippen LogP contribution in [-0.2, 0) is 13.0 Å². The van der Waals surface area contributed by atoms with Gasteiger partial charge in [0.2, 0.25) is 0 Å². The van der Waals surface area contributed by atoms with E-state index in [9.17, 15) is 5.26 Å². The first-order valence-corrected chi connectivity index (χ1v) is 8.28. The van der Waals surface area contributed by atoms with Crippen molar-refractivity contribution >= 4 is 5.69 Å². The number of imidazole rings is 1. The largest absolute Gasteiger partial charge is 0.368 e. The number of hydrogen-bond donors (Lipinski definition) is 0. The highest BCUT2D eigenvalue weighted by Gasteiger charge is 2.19. The van der Waals surface area contributed by atoms with Gasteiger partial charge in [-0.25, -0.2) is 4.98 Å². The van der Waals surface area contributed by atoms with E-state index < -0.39 is 0 Å². The van der Waals surface area contributed by atoms with Crippen LogP contribution in [-0.4, -0.2) is 47.7 Å². The Kier molecular flexibility index (Phi) is 3.55. The molecule has 5 heteroatoms. The van der Waals surface area contributed by atoms with Gasteiger partial charge in [0.1, 0.15) is 11.9 Å². The number of aromatic nitrogens is 2. The minimum atomic E-state index is 0.750. The molecule has 2 aromatic rings. The number of rotatable bonds is 2. The maximum Gasteiger partial charge on any atom is 0.109 e. The van der Waals surface area contributed by atoms with Gasteiger partial charge in [0.25, 0.3) is 0 Å². The number of hydrogen-bond acceptors (Lipinski definition) is 4. The zero-order valence-electron chi connectivity index (χ0n) is 13.5. The van der Waals surface area contributed by atoms with Gasteiger partial charge in [-0.05, 0) is 25.6 Å². The highest BCUT2D eigenvalue weighted by molar-refractivity contribution is 5.69. The smallest absolute Gasteiger partial charge is 0.109 e. The van der Waals surface area contributed by atoms with E-state index in [1.807, 2.05) is 6.07 Å². The molecule has 5 nitrogen and oxygen atoms in total. The Morgan fingerprint density at radius 3 is 2.70 bits per heavy atom. The number of nitrogens with zero attached hydrogens (tertiary/aromatic N) is 5. The van der Waals surface area contributed by atoms with Gasteiger partial charge < -0.3 is 14.4 Å². The molecule has 0 radical (unpaired) electrons. The predicted molar refractivity (Wildman–Crippen MR) is 90.4 cm³/mol. The molecular weight excluding hydrogens is 286 g/mol. The number of aryl methyl sites for hydroxylation is 2. The van der Waals surface area contributed by atoms with Gasteiger partial charge in [0.15, 0.2) is 0 Å². The zero-order valence-corrected chi connectivity index (χ0v) is 13.5. The minimum Gasteiger partial charge on any atom is -0.368 e. The number of benzene rings is 1. The Hall–Kier alpha value is -2.32. The van der Waals surface area contributed by atoms with Crippen LogP contribution in [0.5, 0.6) is 0 Å². The Morgan fingerprint density at radius 2 is 1.96 bits per heavy atom. The molecule has 1 fully saturated rings. The summed E-state index contributed by atoms with van der Waals surface area (Å²) < 4.78 is 2.23. The highest BCUT2D eigenvalue weighted by atomic mass is 15.2. The maximum atomic E-state index is 9.58.